The number of aliphatic hydroxyl groups is 1. The molecule has 1 N–H and O–H groups in total. The SMILES string of the molecule is CCC/C=C/O.CCC1CCC(C(=O)N2CCC3(S(=O)(=O)c4ccc(Cl)cc4)c4ccc(C(F)(C(F)(F)F)C(F)(F)F)cc4CCC23)CC1. The third kappa shape index (κ3) is 7.07. The van der Waals surface area contributed by atoms with E-state index >= 15 is 4.39 Å². The summed E-state index contributed by atoms with van der Waals surface area (Å²) in [6, 6.07) is 6.10. The Morgan fingerprint density at radius 3 is 2.08 bits per heavy atom. The van der Waals surface area contributed by atoms with E-state index in [1.54, 1.807) is 11.0 Å². The monoisotopic (exact) mass is 739 g/mol. The lowest BCUT2D eigenvalue weighted by molar-refractivity contribution is -0.348. The highest BCUT2D eigenvalue weighted by molar-refractivity contribution is 7.92. The molecule has 5 nitrogen and oxygen atoms in total. The van der Waals surface area contributed by atoms with Gasteiger partial charge in [-0.15, -0.1) is 0 Å². The lowest BCUT2D eigenvalue weighted by Gasteiger charge is -2.44. The van der Waals surface area contributed by atoms with Crippen LogP contribution >= 0.6 is 11.6 Å². The fraction of sp³-hybridized carbons (Fsp3) is 0.571. The molecular formula is C35H41ClF7NO4S. The number of carbonyl (C=O) groups is 1. The van der Waals surface area contributed by atoms with E-state index in [-0.39, 0.29) is 58.7 Å². The minimum atomic E-state index is -6.31. The second-order valence-corrected chi connectivity index (χ2v) is 15.7. The van der Waals surface area contributed by atoms with Gasteiger partial charge < -0.3 is 10.0 Å². The van der Waals surface area contributed by atoms with Gasteiger partial charge in [-0.25, -0.2) is 12.8 Å². The number of hydrogen-bond acceptors (Lipinski definition) is 4. The third-order valence-corrected chi connectivity index (χ3v) is 13.1. The lowest BCUT2D eigenvalue weighted by Crippen LogP contribution is -2.53. The normalized spacial score (nSPS) is 24.6. The minimum absolute atomic E-state index is 0.0147. The van der Waals surface area contributed by atoms with Gasteiger partial charge in [0.05, 0.1) is 17.2 Å². The Morgan fingerprint density at radius 2 is 1.57 bits per heavy atom. The number of halogens is 8. The van der Waals surface area contributed by atoms with Crippen LogP contribution in [0.1, 0.15) is 88.3 Å². The quantitative estimate of drug-likeness (QED) is 0.227. The van der Waals surface area contributed by atoms with Crippen LogP contribution in [0, 0.1) is 11.8 Å². The predicted molar refractivity (Wildman–Crippen MR) is 173 cm³/mol. The van der Waals surface area contributed by atoms with Crippen LogP contribution in [0.25, 0.3) is 0 Å². The van der Waals surface area contributed by atoms with Crippen LogP contribution in [0.5, 0.6) is 0 Å². The Bertz CT molecular complexity index is 1590. The number of hydrogen-bond donors (Lipinski definition) is 1. The van der Waals surface area contributed by atoms with Crippen molar-refractivity contribution in [3.05, 3.63) is 76.5 Å². The van der Waals surface area contributed by atoms with Gasteiger partial charge in [-0.1, -0.05) is 62.6 Å². The maximum Gasteiger partial charge on any atom is 0.435 e. The van der Waals surface area contributed by atoms with Crippen LogP contribution in [0.3, 0.4) is 0 Å². The number of nitrogens with zero attached hydrogens (tertiary/aromatic N) is 1. The molecule has 1 amide bonds. The Hall–Kier alpha value is -2.80. The van der Waals surface area contributed by atoms with Gasteiger partial charge in [0, 0.05) is 23.0 Å². The molecule has 0 spiro atoms. The van der Waals surface area contributed by atoms with Crippen LogP contribution in [0.15, 0.2) is 59.7 Å². The number of benzene rings is 2. The average molecular weight is 740 g/mol. The zero-order valence-corrected chi connectivity index (χ0v) is 28.8. The average Bonchev–Trinajstić information content (AvgIpc) is 3.47. The molecule has 14 heteroatoms. The topological polar surface area (TPSA) is 74.7 Å². The lowest BCUT2D eigenvalue weighted by atomic mass is 9.76. The van der Waals surface area contributed by atoms with Crippen LogP contribution < -0.4 is 0 Å². The second-order valence-electron chi connectivity index (χ2n) is 13.0. The highest BCUT2D eigenvalue weighted by Crippen LogP contribution is 2.57. The number of unbranched alkanes of at least 4 members (excludes halogenated alkanes) is 1. The number of rotatable bonds is 7. The van der Waals surface area contributed by atoms with Crippen molar-refractivity contribution < 1.29 is 49.1 Å². The molecule has 1 aliphatic heterocycles. The van der Waals surface area contributed by atoms with Gasteiger partial charge in [0.25, 0.3) is 0 Å². The van der Waals surface area contributed by atoms with Crippen LogP contribution in [-0.2, 0) is 31.5 Å². The van der Waals surface area contributed by atoms with Gasteiger partial charge in [-0.2, -0.15) is 26.3 Å². The zero-order chi connectivity index (χ0) is 36.4. The fourth-order valence-corrected chi connectivity index (χ4v) is 10.1. The first-order chi connectivity index (χ1) is 22.9. The molecule has 0 radical (unpaired) electrons. The van der Waals surface area contributed by atoms with Crippen molar-refractivity contribution in [1.29, 1.82) is 0 Å². The molecule has 1 saturated carbocycles. The summed E-state index contributed by atoms with van der Waals surface area (Å²) in [6.45, 7) is 4.20. The van der Waals surface area contributed by atoms with E-state index in [2.05, 4.69) is 13.8 Å². The van der Waals surface area contributed by atoms with E-state index in [1.165, 1.54) is 24.3 Å². The predicted octanol–water partition coefficient (Wildman–Crippen LogP) is 9.92. The number of likely N-dealkylation sites (tertiary alicyclic amines) is 1. The van der Waals surface area contributed by atoms with Crippen molar-refractivity contribution in [3.63, 3.8) is 0 Å². The Kier molecular flexibility index (Phi) is 11.8. The minimum Gasteiger partial charge on any atom is -0.516 e. The van der Waals surface area contributed by atoms with Gasteiger partial charge >= 0.3 is 18.0 Å². The molecule has 1 saturated heterocycles. The molecule has 2 fully saturated rings. The molecule has 1 heterocycles. The molecule has 2 unspecified atom stereocenters. The highest BCUT2D eigenvalue weighted by atomic mass is 35.5. The van der Waals surface area contributed by atoms with Crippen molar-refractivity contribution in [2.45, 2.75) is 112 Å². The fourth-order valence-electron chi connectivity index (χ4n) is 7.61. The second kappa shape index (κ2) is 14.8. The van der Waals surface area contributed by atoms with E-state index < -0.39 is 44.2 Å². The van der Waals surface area contributed by atoms with Gasteiger partial charge in [-0.05, 0) is 92.7 Å². The molecule has 2 aliphatic carbocycles. The van der Waals surface area contributed by atoms with Gasteiger partial charge in [-0.3, -0.25) is 4.79 Å². The molecular weight excluding hydrogens is 699 g/mol. The summed E-state index contributed by atoms with van der Waals surface area (Å²) in [7, 11) is -4.40. The van der Waals surface area contributed by atoms with E-state index in [4.69, 9.17) is 16.7 Å². The van der Waals surface area contributed by atoms with Crippen LogP contribution in [0.2, 0.25) is 5.02 Å². The summed E-state index contributed by atoms with van der Waals surface area (Å²) < 4.78 is 124. The summed E-state index contributed by atoms with van der Waals surface area (Å²) in [5.41, 5.74) is -7.45. The summed E-state index contributed by atoms with van der Waals surface area (Å²) in [5.74, 6) is 0.0230. The Balaban J connectivity index is 0.000000827. The number of carbonyl (C=O) groups excluding carboxylic acids is 1. The molecule has 2 aromatic rings. The molecule has 0 bridgehead atoms. The number of alkyl halides is 7. The Morgan fingerprint density at radius 1 is 0.959 bits per heavy atom. The van der Waals surface area contributed by atoms with Crippen molar-refractivity contribution >= 4 is 27.3 Å². The van der Waals surface area contributed by atoms with E-state index in [1.807, 2.05) is 0 Å². The molecule has 0 aromatic heterocycles. The number of sulfone groups is 1. The Labute approximate surface area is 287 Å². The van der Waals surface area contributed by atoms with Crippen molar-refractivity contribution in [2.75, 3.05) is 6.54 Å². The molecule has 2 aromatic carbocycles. The molecule has 2 atom stereocenters. The largest absolute Gasteiger partial charge is 0.516 e. The van der Waals surface area contributed by atoms with Crippen molar-refractivity contribution in [3.8, 4) is 0 Å². The molecule has 49 heavy (non-hydrogen) atoms. The number of aliphatic hydroxyl groups excluding tert-OH is 1. The summed E-state index contributed by atoms with van der Waals surface area (Å²) in [5, 5.41) is 8.27. The first-order valence-electron chi connectivity index (χ1n) is 16.5. The number of amides is 1. The smallest absolute Gasteiger partial charge is 0.435 e. The van der Waals surface area contributed by atoms with E-state index in [0.717, 1.165) is 44.4 Å². The molecule has 3 aliphatic rings. The standard InChI is InChI=1S/C30H31ClF7NO3S.C5H10O/c1-2-18-3-5-19(6-4-18)26(40)39-16-15-27(43(41,42)23-11-9-22(31)10-12-23)24-13-8-21(17-20(24)7-14-25(27)39)28(32,29(33,34)35)30(36,37)38;1-2-3-4-5-6/h8-13,17-19,25H,2-7,14-16H2,1H3;4-6H,2-3H2,1H3/b;5-4+. The van der Waals surface area contributed by atoms with Crippen LogP contribution in [0.4, 0.5) is 30.7 Å². The van der Waals surface area contributed by atoms with Gasteiger partial charge in [0.1, 0.15) is 4.75 Å². The summed E-state index contributed by atoms with van der Waals surface area (Å²) in [4.78, 5) is 15.2. The third-order valence-electron chi connectivity index (χ3n) is 10.3. The van der Waals surface area contributed by atoms with Crippen molar-refractivity contribution in [1.82, 2.24) is 4.90 Å². The number of fused-ring (bicyclic) bond motifs is 3. The number of aryl methyl sites for hydroxylation is 1. The first-order valence-corrected chi connectivity index (χ1v) is 18.3. The van der Waals surface area contributed by atoms with Gasteiger partial charge in [0.15, 0.2) is 9.84 Å². The maximum absolute atomic E-state index is 15.0. The highest BCUT2D eigenvalue weighted by Gasteiger charge is 2.74. The first kappa shape index (κ1) is 39.0. The maximum atomic E-state index is 15.0. The molecule has 5 rings (SSSR count). The van der Waals surface area contributed by atoms with Crippen molar-refractivity contribution in [2.24, 2.45) is 11.8 Å². The van der Waals surface area contributed by atoms with E-state index in [0.29, 0.717) is 30.9 Å². The summed E-state index contributed by atoms with van der Waals surface area (Å²) >= 11 is 5.98. The van der Waals surface area contributed by atoms with E-state index in [9.17, 15) is 39.6 Å². The molecule has 272 valence electrons. The van der Waals surface area contributed by atoms with Gasteiger partial charge in [0.2, 0.25) is 5.91 Å². The summed E-state index contributed by atoms with van der Waals surface area (Å²) in [6.07, 6.45) is -3.94. The number of allylic oxidation sites excluding steroid dienone is 1. The van der Waals surface area contributed by atoms with Crippen LogP contribution in [-0.4, -0.2) is 49.3 Å². The zero-order valence-electron chi connectivity index (χ0n) is 27.3.